The van der Waals surface area contributed by atoms with Gasteiger partial charge in [-0.05, 0) is 69.7 Å². The summed E-state index contributed by atoms with van der Waals surface area (Å²) >= 11 is 0. The summed E-state index contributed by atoms with van der Waals surface area (Å²) in [5, 5.41) is 12.3. The Labute approximate surface area is 167 Å². The number of likely N-dealkylation sites (tertiary alicyclic amines) is 1. The number of carbonyl (C=O) groups excluding carboxylic acids is 2. The van der Waals surface area contributed by atoms with Crippen LogP contribution in [0.15, 0.2) is 18.2 Å². The second kappa shape index (κ2) is 9.22. The van der Waals surface area contributed by atoms with Crippen LogP contribution < -0.4 is 5.32 Å². The molecule has 0 saturated carbocycles. The number of hydrogen-bond donors (Lipinski definition) is 2. The Morgan fingerprint density at radius 1 is 1.21 bits per heavy atom. The van der Waals surface area contributed by atoms with Crippen molar-refractivity contribution in [3.05, 3.63) is 29.3 Å². The van der Waals surface area contributed by atoms with E-state index in [0.717, 1.165) is 31.4 Å². The second-order valence-corrected chi connectivity index (χ2v) is 7.89. The summed E-state index contributed by atoms with van der Waals surface area (Å²) in [5.74, 6) is -1.24. The number of aliphatic carboxylic acids is 1. The summed E-state index contributed by atoms with van der Waals surface area (Å²) in [7, 11) is 0. The van der Waals surface area contributed by atoms with Crippen LogP contribution in [-0.2, 0) is 9.59 Å². The van der Waals surface area contributed by atoms with Gasteiger partial charge in [0, 0.05) is 30.3 Å². The number of amides is 2. The molecule has 154 valence electrons. The van der Waals surface area contributed by atoms with Crippen molar-refractivity contribution in [3.8, 4) is 0 Å². The van der Waals surface area contributed by atoms with Crippen LogP contribution in [0.2, 0.25) is 0 Å². The smallest absolute Gasteiger partial charge is 0.310 e. The molecule has 1 atom stereocenters. The Bertz CT molecular complexity index is 740. The first kappa shape index (κ1) is 21.9. The molecular formula is C22H32N2O4. The van der Waals surface area contributed by atoms with E-state index in [1.54, 1.807) is 32.0 Å². The molecule has 0 radical (unpaired) electrons. The highest BCUT2D eigenvalue weighted by Crippen LogP contribution is 2.32. The van der Waals surface area contributed by atoms with E-state index in [4.69, 9.17) is 0 Å². The summed E-state index contributed by atoms with van der Waals surface area (Å²) in [6, 6.07) is 5.50. The molecule has 1 saturated heterocycles. The van der Waals surface area contributed by atoms with Crippen LogP contribution in [0.4, 0.5) is 5.69 Å². The molecule has 1 unspecified atom stereocenters. The molecule has 2 N–H and O–H groups in total. The number of nitrogens with zero attached hydrogens (tertiary/aromatic N) is 1. The zero-order valence-corrected chi connectivity index (χ0v) is 17.4. The fourth-order valence-electron chi connectivity index (χ4n) is 3.88. The van der Waals surface area contributed by atoms with Gasteiger partial charge in [-0.1, -0.05) is 13.8 Å². The molecule has 0 aliphatic carbocycles. The molecule has 0 bridgehead atoms. The topological polar surface area (TPSA) is 86.7 Å². The Balaban J connectivity index is 2.11. The van der Waals surface area contributed by atoms with Crippen molar-refractivity contribution in [2.45, 2.75) is 72.3 Å². The van der Waals surface area contributed by atoms with Crippen LogP contribution in [0.5, 0.6) is 0 Å². The molecule has 0 spiro atoms. The number of anilines is 1. The number of benzene rings is 1. The lowest BCUT2D eigenvalue weighted by atomic mass is 9.79. The number of rotatable bonds is 7. The Hall–Kier alpha value is -2.37. The first-order valence-electron chi connectivity index (χ1n) is 10.2. The van der Waals surface area contributed by atoms with Gasteiger partial charge in [0.1, 0.15) is 0 Å². The average molecular weight is 389 g/mol. The van der Waals surface area contributed by atoms with Gasteiger partial charge >= 0.3 is 5.97 Å². The number of aryl methyl sites for hydroxylation is 1. The predicted octanol–water partition coefficient (Wildman–Crippen LogP) is 4.23. The Morgan fingerprint density at radius 3 is 2.43 bits per heavy atom. The molecule has 1 fully saturated rings. The number of hydrogen-bond acceptors (Lipinski definition) is 3. The van der Waals surface area contributed by atoms with Gasteiger partial charge in [0.25, 0.3) is 5.91 Å². The van der Waals surface area contributed by atoms with E-state index in [1.807, 2.05) is 11.8 Å². The van der Waals surface area contributed by atoms with Gasteiger partial charge in [-0.2, -0.15) is 0 Å². The standard InChI is InChI=1S/C22H32N2O4/c1-5-22(6-2,21(27)28)14-19(25)23-18-11-10-17(13-15(18)3)20(26)24-12-8-7-9-16(24)4/h10-11,13,16H,5-9,12,14H2,1-4H3,(H,23,25)(H,27,28). The second-order valence-electron chi connectivity index (χ2n) is 7.89. The van der Waals surface area contributed by atoms with Gasteiger partial charge < -0.3 is 15.3 Å². The number of carboxylic acids is 1. The van der Waals surface area contributed by atoms with Crippen LogP contribution >= 0.6 is 0 Å². The highest BCUT2D eigenvalue weighted by Gasteiger charge is 2.37. The molecule has 2 rings (SSSR count). The molecule has 0 aromatic heterocycles. The summed E-state index contributed by atoms with van der Waals surface area (Å²) < 4.78 is 0. The largest absolute Gasteiger partial charge is 0.481 e. The monoisotopic (exact) mass is 388 g/mol. The van der Waals surface area contributed by atoms with Crippen LogP contribution in [0.1, 0.15) is 75.2 Å². The van der Waals surface area contributed by atoms with Crippen molar-refractivity contribution in [1.82, 2.24) is 4.90 Å². The molecule has 2 amide bonds. The van der Waals surface area contributed by atoms with Crippen LogP contribution in [0.3, 0.4) is 0 Å². The minimum Gasteiger partial charge on any atom is -0.481 e. The zero-order chi connectivity index (χ0) is 20.9. The van der Waals surface area contributed by atoms with Crippen molar-refractivity contribution in [2.24, 2.45) is 5.41 Å². The quantitative estimate of drug-likeness (QED) is 0.732. The zero-order valence-electron chi connectivity index (χ0n) is 17.4. The molecule has 1 aromatic carbocycles. The first-order chi connectivity index (χ1) is 13.2. The third-order valence-corrected chi connectivity index (χ3v) is 6.12. The number of carboxylic acid groups (broad SMARTS) is 1. The molecule has 6 heteroatoms. The summed E-state index contributed by atoms with van der Waals surface area (Å²) in [6.07, 6.45) is 3.94. The number of carbonyl (C=O) groups is 3. The van der Waals surface area contributed by atoms with Gasteiger partial charge in [0.2, 0.25) is 5.91 Å². The molecule has 28 heavy (non-hydrogen) atoms. The van der Waals surface area contributed by atoms with E-state index in [-0.39, 0.29) is 24.3 Å². The van der Waals surface area contributed by atoms with E-state index in [0.29, 0.717) is 24.1 Å². The fourth-order valence-corrected chi connectivity index (χ4v) is 3.88. The van der Waals surface area contributed by atoms with E-state index < -0.39 is 11.4 Å². The lowest BCUT2D eigenvalue weighted by Crippen LogP contribution is -2.42. The van der Waals surface area contributed by atoms with Crippen molar-refractivity contribution in [2.75, 3.05) is 11.9 Å². The van der Waals surface area contributed by atoms with Crippen molar-refractivity contribution in [1.29, 1.82) is 0 Å². The van der Waals surface area contributed by atoms with Crippen molar-refractivity contribution < 1.29 is 19.5 Å². The average Bonchev–Trinajstić information content (AvgIpc) is 2.67. The van der Waals surface area contributed by atoms with Crippen molar-refractivity contribution >= 4 is 23.5 Å². The highest BCUT2D eigenvalue weighted by atomic mass is 16.4. The SMILES string of the molecule is CCC(CC)(CC(=O)Nc1ccc(C(=O)N2CCCCC2C)cc1C)C(=O)O. The van der Waals surface area contributed by atoms with E-state index in [2.05, 4.69) is 12.2 Å². The summed E-state index contributed by atoms with van der Waals surface area (Å²) in [4.78, 5) is 38.8. The van der Waals surface area contributed by atoms with E-state index in [9.17, 15) is 19.5 Å². The van der Waals surface area contributed by atoms with Crippen LogP contribution in [0, 0.1) is 12.3 Å². The molecule has 1 heterocycles. The highest BCUT2D eigenvalue weighted by molar-refractivity contribution is 5.97. The van der Waals surface area contributed by atoms with Gasteiger partial charge in [-0.25, -0.2) is 0 Å². The summed E-state index contributed by atoms with van der Waals surface area (Å²) in [6.45, 7) is 8.28. The van der Waals surface area contributed by atoms with E-state index >= 15 is 0 Å². The first-order valence-corrected chi connectivity index (χ1v) is 10.2. The minimum atomic E-state index is -1.04. The maximum Gasteiger partial charge on any atom is 0.310 e. The summed E-state index contributed by atoms with van der Waals surface area (Å²) in [5.41, 5.74) is 0.974. The maximum atomic E-state index is 12.8. The van der Waals surface area contributed by atoms with Crippen LogP contribution in [0.25, 0.3) is 0 Å². The Kier molecular flexibility index (Phi) is 7.22. The molecular weight excluding hydrogens is 356 g/mol. The minimum absolute atomic E-state index is 0.0232. The van der Waals surface area contributed by atoms with Gasteiger partial charge in [0.15, 0.2) is 0 Å². The maximum absolute atomic E-state index is 12.8. The molecule has 1 aliphatic heterocycles. The van der Waals surface area contributed by atoms with E-state index in [1.165, 1.54) is 0 Å². The lowest BCUT2D eigenvalue weighted by Gasteiger charge is -2.33. The van der Waals surface area contributed by atoms with Crippen molar-refractivity contribution in [3.63, 3.8) is 0 Å². The van der Waals surface area contributed by atoms with Gasteiger partial charge in [-0.15, -0.1) is 0 Å². The van der Waals surface area contributed by atoms with Gasteiger partial charge in [0.05, 0.1) is 5.41 Å². The molecule has 1 aliphatic rings. The fraction of sp³-hybridized carbons (Fsp3) is 0.591. The normalized spacial score (nSPS) is 17.3. The molecule has 6 nitrogen and oxygen atoms in total. The lowest BCUT2D eigenvalue weighted by molar-refractivity contribution is -0.151. The third kappa shape index (κ3) is 4.72. The predicted molar refractivity (Wildman–Crippen MR) is 109 cm³/mol. The number of piperidine rings is 1. The number of nitrogens with one attached hydrogen (secondary N) is 1. The molecule has 1 aromatic rings. The third-order valence-electron chi connectivity index (χ3n) is 6.12. The van der Waals surface area contributed by atoms with Crippen LogP contribution in [-0.4, -0.2) is 40.4 Å². The van der Waals surface area contributed by atoms with Gasteiger partial charge in [-0.3, -0.25) is 14.4 Å². The Morgan fingerprint density at radius 2 is 1.89 bits per heavy atom.